The van der Waals surface area contributed by atoms with Gasteiger partial charge in [0.05, 0.1) is 23.7 Å². The lowest BCUT2D eigenvalue weighted by molar-refractivity contribution is -0.887. The molecule has 8 nitrogen and oxygen atoms in total. The Hall–Kier alpha value is -3.62. The van der Waals surface area contributed by atoms with E-state index in [0.717, 1.165) is 68.8 Å². The quantitative estimate of drug-likeness (QED) is 0.209. The number of carbonyl (C=O) groups excluding carboxylic acids is 1. The van der Waals surface area contributed by atoms with Crippen LogP contribution in [0.3, 0.4) is 0 Å². The Morgan fingerprint density at radius 3 is 2.46 bits per heavy atom. The molecule has 1 aromatic heterocycles. The molecule has 1 N–H and O–H groups in total. The molecule has 1 aliphatic carbocycles. The van der Waals surface area contributed by atoms with Crippen LogP contribution in [0.5, 0.6) is 5.75 Å². The Bertz CT molecular complexity index is 1450. The average molecular weight is 576 g/mol. The molecule has 3 aromatic rings. The van der Waals surface area contributed by atoms with Crippen LogP contribution in [0.1, 0.15) is 59.6 Å². The van der Waals surface area contributed by atoms with Gasteiger partial charge in [0.1, 0.15) is 17.6 Å². The van der Waals surface area contributed by atoms with E-state index in [0.29, 0.717) is 10.6 Å². The molecule has 3 heterocycles. The Morgan fingerprint density at radius 2 is 1.73 bits per heavy atom. The van der Waals surface area contributed by atoms with Crippen LogP contribution >= 0.6 is 11.6 Å². The smallest absolute Gasteiger partial charge is 0.449 e. The molecule has 1 unspecified atom stereocenters. The Labute approximate surface area is 245 Å². The number of halogens is 1. The number of carbonyl (C=O) groups is 2. The summed E-state index contributed by atoms with van der Waals surface area (Å²) >= 11 is 6.59. The second-order valence-corrected chi connectivity index (χ2v) is 11.9. The SMILES string of the molecule is C[N+](C(=O)c1ccccc1Cl)(C1CCN(c2ccnc(N3CCCC3)c2)CC1)[C@@H]1CCc2ccc(OC(=O)O)cc21. The Balaban J connectivity index is 1.30. The van der Waals surface area contributed by atoms with E-state index < -0.39 is 6.16 Å². The van der Waals surface area contributed by atoms with Crippen molar-refractivity contribution >= 4 is 35.2 Å². The summed E-state index contributed by atoms with van der Waals surface area (Å²) in [6.07, 6.45) is 6.27. The van der Waals surface area contributed by atoms with Crippen molar-refractivity contribution in [2.24, 2.45) is 0 Å². The number of aromatic nitrogens is 1. The summed E-state index contributed by atoms with van der Waals surface area (Å²) in [6, 6.07) is 16.9. The van der Waals surface area contributed by atoms with Gasteiger partial charge in [-0.3, -0.25) is 0 Å². The van der Waals surface area contributed by atoms with Crippen molar-refractivity contribution in [3.05, 3.63) is 82.5 Å². The number of ether oxygens (including phenoxy) is 1. The van der Waals surface area contributed by atoms with Crippen molar-refractivity contribution in [2.75, 3.05) is 43.0 Å². The highest BCUT2D eigenvalue weighted by molar-refractivity contribution is 6.33. The molecule has 2 aliphatic heterocycles. The molecular weight excluding hydrogens is 540 g/mol. The molecule has 2 saturated heterocycles. The van der Waals surface area contributed by atoms with Gasteiger partial charge in [0.15, 0.2) is 0 Å². The van der Waals surface area contributed by atoms with E-state index in [9.17, 15) is 14.7 Å². The van der Waals surface area contributed by atoms with Crippen molar-refractivity contribution in [3.63, 3.8) is 0 Å². The summed E-state index contributed by atoms with van der Waals surface area (Å²) in [7, 11) is 2.05. The van der Waals surface area contributed by atoms with E-state index in [4.69, 9.17) is 16.3 Å². The van der Waals surface area contributed by atoms with Crippen LogP contribution in [0.4, 0.5) is 16.3 Å². The fourth-order valence-corrected chi connectivity index (χ4v) is 7.34. The highest BCUT2D eigenvalue weighted by Crippen LogP contribution is 2.46. The lowest BCUT2D eigenvalue weighted by Gasteiger charge is -2.47. The topological polar surface area (TPSA) is 83.0 Å². The van der Waals surface area contributed by atoms with Crippen molar-refractivity contribution in [1.82, 2.24) is 4.98 Å². The van der Waals surface area contributed by atoms with Gasteiger partial charge in [-0.05, 0) is 55.2 Å². The molecular formula is C32H36ClN4O4+. The van der Waals surface area contributed by atoms with Crippen LogP contribution < -0.4 is 14.5 Å². The fraction of sp³-hybridized carbons (Fsp3) is 0.406. The number of pyridine rings is 1. The molecule has 3 aliphatic rings. The van der Waals surface area contributed by atoms with Crippen LogP contribution in [-0.2, 0) is 6.42 Å². The van der Waals surface area contributed by atoms with Crippen molar-refractivity contribution < 1.29 is 23.9 Å². The first-order valence-corrected chi connectivity index (χ1v) is 14.9. The molecule has 0 bridgehead atoms. The molecule has 2 fully saturated rings. The molecule has 0 radical (unpaired) electrons. The summed E-state index contributed by atoms with van der Waals surface area (Å²) in [6.45, 7) is 3.78. The van der Waals surface area contributed by atoms with E-state index in [1.54, 1.807) is 12.1 Å². The van der Waals surface area contributed by atoms with E-state index in [1.165, 1.54) is 18.5 Å². The number of fused-ring (bicyclic) bond motifs is 1. The monoisotopic (exact) mass is 575 g/mol. The van der Waals surface area contributed by atoms with Gasteiger partial charge in [0.2, 0.25) is 0 Å². The molecule has 9 heteroatoms. The molecule has 0 saturated carbocycles. The third kappa shape index (κ3) is 5.26. The minimum Gasteiger partial charge on any atom is -0.449 e. The highest BCUT2D eigenvalue weighted by atomic mass is 35.5. The summed E-state index contributed by atoms with van der Waals surface area (Å²) in [5, 5.41) is 9.65. The molecule has 1 amide bonds. The first-order valence-electron chi connectivity index (χ1n) is 14.5. The highest BCUT2D eigenvalue weighted by Gasteiger charge is 2.51. The third-order valence-electron chi connectivity index (χ3n) is 9.31. The first-order chi connectivity index (χ1) is 19.8. The number of aryl methyl sites for hydroxylation is 1. The molecule has 0 spiro atoms. The number of hydrogen-bond donors (Lipinski definition) is 1. The van der Waals surface area contributed by atoms with Gasteiger partial charge in [0, 0.05) is 69.0 Å². The van der Waals surface area contributed by atoms with Crippen LogP contribution in [0.25, 0.3) is 0 Å². The zero-order valence-corrected chi connectivity index (χ0v) is 24.1. The lowest BCUT2D eigenvalue weighted by atomic mass is 9.93. The van der Waals surface area contributed by atoms with Gasteiger partial charge in [-0.25, -0.2) is 19.1 Å². The number of hydrogen-bond acceptors (Lipinski definition) is 6. The maximum atomic E-state index is 14.5. The van der Waals surface area contributed by atoms with Gasteiger partial charge in [0.25, 0.3) is 0 Å². The van der Waals surface area contributed by atoms with E-state index in [2.05, 4.69) is 26.9 Å². The average Bonchev–Trinajstić information content (AvgIpc) is 3.67. The van der Waals surface area contributed by atoms with Gasteiger partial charge < -0.3 is 19.6 Å². The Morgan fingerprint density at radius 1 is 0.976 bits per heavy atom. The number of benzene rings is 2. The molecule has 2 atom stereocenters. The second kappa shape index (κ2) is 11.3. The van der Waals surface area contributed by atoms with Crippen LogP contribution in [0, 0.1) is 0 Å². The van der Waals surface area contributed by atoms with E-state index in [-0.39, 0.29) is 28.2 Å². The number of nitrogens with zero attached hydrogens (tertiary/aromatic N) is 4. The first kappa shape index (κ1) is 27.5. The van der Waals surface area contributed by atoms with Gasteiger partial charge in [-0.1, -0.05) is 29.8 Å². The van der Waals surface area contributed by atoms with Crippen molar-refractivity contribution in [1.29, 1.82) is 0 Å². The lowest BCUT2D eigenvalue weighted by Crippen LogP contribution is -2.60. The van der Waals surface area contributed by atoms with Gasteiger partial charge in [-0.15, -0.1) is 0 Å². The van der Waals surface area contributed by atoms with Crippen molar-refractivity contribution in [2.45, 2.75) is 50.6 Å². The number of anilines is 2. The number of amides is 1. The normalized spacial score (nSPS) is 20.5. The predicted molar refractivity (Wildman–Crippen MR) is 159 cm³/mol. The van der Waals surface area contributed by atoms with Gasteiger partial charge in [-0.2, -0.15) is 0 Å². The standard InChI is InChI=1S/C32H35ClN4O4/c1-37(31(38)26-6-2-3-7-28(26)33,29-11-9-22-8-10-25(21-27(22)29)41-32(39)40)24-13-18-35(19-14-24)23-12-15-34-30(20-23)36-16-4-5-17-36/h2-3,6-8,10,12,15,20-21,24,29H,4-5,9,11,13-14,16-19H2,1H3/p+1/t29-,37?/m1/s1. The Kier molecular flexibility index (Phi) is 7.62. The zero-order valence-electron chi connectivity index (χ0n) is 23.3. The largest absolute Gasteiger partial charge is 0.511 e. The summed E-state index contributed by atoms with van der Waals surface area (Å²) in [5.41, 5.74) is 3.81. The fourth-order valence-electron chi connectivity index (χ4n) is 7.12. The maximum Gasteiger partial charge on any atom is 0.511 e. The second-order valence-electron chi connectivity index (χ2n) is 11.5. The van der Waals surface area contributed by atoms with E-state index in [1.807, 2.05) is 43.6 Å². The summed E-state index contributed by atoms with van der Waals surface area (Å²) in [4.78, 5) is 35.2. The minimum absolute atomic E-state index is 0.00307. The summed E-state index contributed by atoms with van der Waals surface area (Å²) in [5.74, 6) is 1.32. The molecule has 6 rings (SSSR count). The molecule has 41 heavy (non-hydrogen) atoms. The number of carboxylic acid groups (broad SMARTS) is 1. The molecule has 2 aromatic carbocycles. The minimum atomic E-state index is -1.35. The third-order valence-corrected chi connectivity index (χ3v) is 9.63. The molecule has 214 valence electrons. The summed E-state index contributed by atoms with van der Waals surface area (Å²) < 4.78 is 5.20. The van der Waals surface area contributed by atoms with Gasteiger partial charge >= 0.3 is 12.1 Å². The number of quaternary nitrogens is 1. The van der Waals surface area contributed by atoms with Crippen molar-refractivity contribution in [3.8, 4) is 5.75 Å². The predicted octanol–water partition coefficient (Wildman–Crippen LogP) is 6.34. The van der Waals surface area contributed by atoms with E-state index >= 15 is 0 Å². The number of rotatable bonds is 6. The van der Waals surface area contributed by atoms with Crippen LogP contribution in [0.2, 0.25) is 5.02 Å². The number of piperidine rings is 1. The van der Waals surface area contributed by atoms with Crippen LogP contribution in [0.15, 0.2) is 60.8 Å². The maximum absolute atomic E-state index is 14.5. The zero-order chi connectivity index (χ0) is 28.6. The van der Waals surface area contributed by atoms with Crippen LogP contribution in [-0.4, -0.2) is 65.9 Å².